The molecule has 0 aliphatic carbocycles. The van der Waals surface area contributed by atoms with Crippen LogP contribution < -0.4 is 10.6 Å². The average Bonchev–Trinajstić information content (AvgIpc) is 2.60. The van der Waals surface area contributed by atoms with E-state index in [4.69, 9.17) is 5.11 Å². The number of hydrogen-bond donors (Lipinski definition) is 3. The lowest BCUT2D eigenvalue weighted by molar-refractivity contribution is -0.142. The molecule has 3 N–H and O–H groups in total. The maximum absolute atomic E-state index is 11.5. The van der Waals surface area contributed by atoms with Crippen molar-refractivity contribution in [1.82, 2.24) is 10.6 Å². The molecule has 2 atom stereocenters. The van der Waals surface area contributed by atoms with Gasteiger partial charge in [0.05, 0.1) is 0 Å². The molecule has 0 aromatic heterocycles. The first-order chi connectivity index (χ1) is 7.04. The standard InChI is InChI=1S/C9H14N2O4/c1-2-5(9(14)15)11-8(13)6-3-4-7(12)10-6/h5-6H,2-4H2,1H3,(H,10,12)(H,11,13)(H,14,15)/t5-,6+/m0/s1. The van der Waals surface area contributed by atoms with Crippen LogP contribution in [0, 0.1) is 0 Å². The summed E-state index contributed by atoms with van der Waals surface area (Å²) < 4.78 is 0. The van der Waals surface area contributed by atoms with Crippen LogP contribution in [0.4, 0.5) is 0 Å². The van der Waals surface area contributed by atoms with Crippen molar-refractivity contribution in [3.8, 4) is 0 Å². The van der Waals surface area contributed by atoms with Crippen LogP contribution in [0.5, 0.6) is 0 Å². The van der Waals surface area contributed by atoms with Gasteiger partial charge in [0.1, 0.15) is 12.1 Å². The summed E-state index contributed by atoms with van der Waals surface area (Å²) in [5, 5.41) is 13.6. The van der Waals surface area contributed by atoms with E-state index >= 15 is 0 Å². The Morgan fingerprint density at radius 2 is 2.33 bits per heavy atom. The summed E-state index contributed by atoms with van der Waals surface area (Å²) in [6, 6.07) is -1.46. The van der Waals surface area contributed by atoms with Gasteiger partial charge >= 0.3 is 5.97 Å². The highest BCUT2D eigenvalue weighted by molar-refractivity contribution is 5.92. The SMILES string of the molecule is CC[C@H](NC(=O)[C@H]1CCC(=O)N1)C(=O)O. The Kier molecular flexibility index (Phi) is 3.65. The van der Waals surface area contributed by atoms with E-state index in [-0.39, 0.29) is 5.91 Å². The van der Waals surface area contributed by atoms with Gasteiger partial charge in [0, 0.05) is 6.42 Å². The lowest BCUT2D eigenvalue weighted by Crippen LogP contribution is -2.48. The summed E-state index contributed by atoms with van der Waals surface area (Å²) in [4.78, 5) is 33.0. The number of carbonyl (C=O) groups excluding carboxylic acids is 2. The summed E-state index contributed by atoms with van der Waals surface area (Å²) in [5.74, 6) is -1.65. The Labute approximate surface area is 87.0 Å². The molecule has 1 aliphatic rings. The molecule has 0 spiro atoms. The smallest absolute Gasteiger partial charge is 0.326 e. The predicted molar refractivity (Wildman–Crippen MR) is 51.0 cm³/mol. The molecule has 1 saturated heterocycles. The van der Waals surface area contributed by atoms with E-state index in [0.29, 0.717) is 19.3 Å². The van der Waals surface area contributed by atoms with E-state index in [1.54, 1.807) is 6.92 Å². The number of carboxylic acids is 1. The van der Waals surface area contributed by atoms with Gasteiger partial charge in [0.25, 0.3) is 0 Å². The Morgan fingerprint density at radius 3 is 2.73 bits per heavy atom. The molecule has 1 fully saturated rings. The molecule has 1 rings (SSSR count). The quantitative estimate of drug-likeness (QED) is 0.573. The van der Waals surface area contributed by atoms with Gasteiger partial charge in [-0.3, -0.25) is 9.59 Å². The molecule has 1 heterocycles. The highest BCUT2D eigenvalue weighted by atomic mass is 16.4. The Morgan fingerprint density at radius 1 is 1.67 bits per heavy atom. The third-order valence-corrected chi connectivity index (χ3v) is 2.33. The van der Waals surface area contributed by atoms with Crippen molar-refractivity contribution in [3.63, 3.8) is 0 Å². The Hall–Kier alpha value is -1.59. The summed E-state index contributed by atoms with van der Waals surface area (Å²) in [6.45, 7) is 1.67. The fourth-order valence-corrected chi connectivity index (χ4v) is 1.42. The highest BCUT2D eigenvalue weighted by Gasteiger charge is 2.29. The van der Waals surface area contributed by atoms with Gasteiger partial charge in [0.2, 0.25) is 11.8 Å². The number of hydrogen-bond acceptors (Lipinski definition) is 3. The maximum atomic E-state index is 11.5. The minimum Gasteiger partial charge on any atom is -0.480 e. The second kappa shape index (κ2) is 4.77. The van der Waals surface area contributed by atoms with Gasteiger partial charge in [-0.15, -0.1) is 0 Å². The van der Waals surface area contributed by atoms with E-state index in [9.17, 15) is 14.4 Å². The van der Waals surface area contributed by atoms with Crippen LogP contribution in [0.15, 0.2) is 0 Å². The third-order valence-electron chi connectivity index (χ3n) is 2.33. The van der Waals surface area contributed by atoms with Crippen LogP contribution in [0.1, 0.15) is 26.2 Å². The molecular weight excluding hydrogens is 200 g/mol. The molecule has 1 aliphatic heterocycles. The summed E-state index contributed by atoms with van der Waals surface area (Å²) in [6.07, 6.45) is 1.07. The monoisotopic (exact) mass is 214 g/mol. The second-order valence-electron chi connectivity index (χ2n) is 3.47. The lowest BCUT2D eigenvalue weighted by Gasteiger charge is -2.15. The minimum absolute atomic E-state index is 0.168. The Bertz CT molecular complexity index is 290. The Balaban J connectivity index is 2.47. The van der Waals surface area contributed by atoms with Gasteiger partial charge in [0.15, 0.2) is 0 Å². The minimum atomic E-state index is -1.06. The average molecular weight is 214 g/mol. The van der Waals surface area contributed by atoms with Crippen molar-refractivity contribution >= 4 is 17.8 Å². The zero-order valence-electron chi connectivity index (χ0n) is 8.45. The normalized spacial score (nSPS) is 21.9. The third kappa shape index (κ3) is 2.93. The first-order valence-corrected chi connectivity index (χ1v) is 4.87. The fraction of sp³-hybridized carbons (Fsp3) is 0.667. The largest absolute Gasteiger partial charge is 0.480 e. The molecule has 0 aromatic carbocycles. The van der Waals surface area contributed by atoms with Gasteiger partial charge in [-0.05, 0) is 12.8 Å². The predicted octanol–water partition coefficient (Wildman–Crippen LogP) is -0.756. The molecule has 0 bridgehead atoms. The zero-order chi connectivity index (χ0) is 11.4. The van der Waals surface area contributed by atoms with Crippen molar-refractivity contribution in [2.45, 2.75) is 38.3 Å². The number of aliphatic carboxylic acids is 1. The van der Waals surface area contributed by atoms with Crippen LogP contribution >= 0.6 is 0 Å². The van der Waals surface area contributed by atoms with E-state index in [2.05, 4.69) is 10.6 Å². The number of carbonyl (C=O) groups is 3. The first kappa shape index (κ1) is 11.5. The molecule has 15 heavy (non-hydrogen) atoms. The van der Waals surface area contributed by atoms with Crippen LogP contribution in [-0.4, -0.2) is 35.0 Å². The van der Waals surface area contributed by atoms with Gasteiger partial charge < -0.3 is 15.7 Å². The van der Waals surface area contributed by atoms with Gasteiger partial charge in [-0.1, -0.05) is 6.92 Å². The molecule has 0 unspecified atom stereocenters. The molecule has 84 valence electrons. The first-order valence-electron chi connectivity index (χ1n) is 4.87. The van der Waals surface area contributed by atoms with Crippen LogP contribution in [-0.2, 0) is 14.4 Å². The van der Waals surface area contributed by atoms with E-state index in [1.165, 1.54) is 0 Å². The molecular formula is C9H14N2O4. The van der Waals surface area contributed by atoms with E-state index < -0.39 is 24.0 Å². The topological polar surface area (TPSA) is 95.5 Å². The summed E-state index contributed by atoms with van der Waals surface area (Å²) in [5.41, 5.74) is 0. The number of rotatable bonds is 4. The zero-order valence-corrected chi connectivity index (χ0v) is 8.45. The molecule has 6 nitrogen and oxygen atoms in total. The van der Waals surface area contributed by atoms with Crippen molar-refractivity contribution in [3.05, 3.63) is 0 Å². The number of carboxylic acid groups (broad SMARTS) is 1. The molecule has 0 aromatic rings. The van der Waals surface area contributed by atoms with Gasteiger partial charge in [-0.25, -0.2) is 4.79 Å². The van der Waals surface area contributed by atoms with E-state index in [1.807, 2.05) is 0 Å². The van der Waals surface area contributed by atoms with Crippen LogP contribution in [0.3, 0.4) is 0 Å². The van der Waals surface area contributed by atoms with Crippen molar-refractivity contribution < 1.29 is 19.5 Å². The fourth-order valence-electron chi connectivity index (χ4n) is 1.42. The molecule has 0 radical (unpaired) electrons. The number of amides is 2. The lowest BCUT2D eigenvalue weighted by atomic mass is 10.1. The molecule has 6 heteroatoms. The highest BCUT2D eigenvalue weighted by Crippen LogP contribution is 2.06. The van der Waals surface area contributed by atoms with Crippen LogP contribution in [0.25, 0.3) is 0 Å². The number of nitrogens with one attached hydrogen (secondary N) is 2. The van der Waals surface area contributed by atoms with Gasteiger partial charge in [-0.2, -0.15) is 0 Å². The van der Waals surface area contributed by atoms with Crippen molar-refractivity contribution in [2.75, 3.05) is 0 Å². The second-order valence-corrected chi connectivity index (χ2v) is 3.47. The van der Waals surface area contributed by atoms with Crippen molar-refractivity contribution in [1.29, 1.82) is 0 Å². The summed E-state index contributed by atoms with van der Waals surface area (Å²) >= 11 is 0. The molecule has 2 amide bonds. The van der Waals surface area contributed by atoms with Crippen LogP contribution in [0.2, 0.25) is 0 Å². The van der Waals surface area contributed by atoms with Crippen molar-refractivity contribution in [2.24, 2.45) is 0 Å². The summed E-state index contributed by atoms with van der Waals surface area (Å²) in [7, 11) is 0. The molecule has 0 saturated carbocycles. The maximum Gasteiger partial charge on any atom is 0.326 e. The van der Waals surface area contributed by atoms with E-state index in [0.717, 1.165) is 0 Å².